The normalized spacial score (nSPS) is 18.1. The molecule has 1 saturated heterocycles. The maximum Gasteiger partial charge on any atom is 0.159 e. The van der Waals surface area contributed by atoms with Crippen LogP contribution in [0.2, 0.25) is 5.02 Å². The smallest absolute Gasteiger partial charge is 0.159 e. The molecule has 31 heavy (non-hydrogen) atoms. The summed E-state index contributed by atoms with van der Waals surface area (Å²) < 4.78 is 0. The lowest BCUT2D eigenvalue weighted by Gasteiger charge is -2.36. The molecule has 3 heterocycles. The SMILES string of the molecule is Clc1ccc(-c2ncc3c(n2)CN(CC2CCN(Cc4ccccc4)CC2)CC3)cc1. The van der Waals surface area contributed by atoms with E-state index < -0.39 is 0 Å². The summed E-state index contributed by atoms with van der Waals surface area (Å²) in [6, 6.07) is 18.6. The van der Waals surface area contributed by atoms with Crippen molar-refractivity contribution in [2.24, 2.45) is 5.92 Å². The maximum absolute atomic E-state index is 6.03. The average molecular weight is 433 g/mol. The van der Waals surface area contributed by atoms with Gasteiger partial charge in [0.2, 0.25) is 0 Å². The van der Waals surface area contributed by atoms with Crippen molar-refractivity contribution in [1.29, 1.82) is 0 Å². The number of benzene rings is 2. The Hall–Kier alpha value is -2.27. The van der Waals surface area contributed by atoms with Gasteiger partial charge in [-0.15, -0.1) is 0 Å². The highest BCUT2D eigenvalue weighted by atomic mass is 35.5. The number of hydrogen-bond donors (Lipinski definition) is 0. The van der Waals surface area contributed by atoms with Gasteiger partial charge in [0.1, 0.15) is 0 Å². The highest BCUT2D eigenvalue weighted by Gasteiger charge is 2.24. The van der Waals surface area contributed by atoms with Crippen LogP contribution in [-0.2, 0) is 19.5 Å². The van der Waals surface area contributed by atoms with Crippen LogP contribution in [0.5, 0.6) is 0 Å². The molecule has 0 N–H and O–H groups in total. The number of aromatic nitrogens is 2. The van der Waals surface area contributed by atoms with Gasteiger partial charge in [-0.05, 0) is 73.7 Å². The summed E-state index contributed by atoms with van der Waals surface area (Å²) in [4.78, 5) is 14.7. The van der Waals surface area contributed by atoms with Crippen LogP contribution in [0, 0.1) is 5.92 Å². The molecular weight excluding hydrogens is 404 g/mol. The van der Waals surface area contributed by atoms with E-state index in [2.05, 4.69) is 45.1 Å². The van der Waals surface area contributed by atoms with Crippen LogP contribution in [0.25, 0.3) is 11.4 Å². The second-order valence-corrected chi connectivity index (χ2v) is 9.30. The fraction of sp³-hybridized carbons (Fsp3) is 0.385. The van der Waals surface area contributed by atoms with Gasteiger partial charge >= 0.3 is 0 Å². The van der Waals surface area contributed by atoms with Crippen molar-refractivity contribution in [2.45, 2.75) is 32.4 Å². The Morgan fingerprint density at radius 2 is 1.68 bits per heavy atom. The Morgan fingerprint density at radius 3 is 2.45 bits per heavy atom. The van der Waals surface area contributed by atoms with E-state index in [1.165, 1.54) is 49.3 Å². The van der Waals surface area contributed by atoms with Crippen molar-refractivity contribution < 1.29 is 0 Å². The number of fused-ring (bicyclic) bond motifs is 1. The van der Waals surface area contributed by atoms with E-state index >= 15 is 0 Å². The third-order valence-electron chi connectivity index (χ3n) is 6.60. The van der Waals surface area contributed by atoms with Crippen LogP contribution in [0.4, 0.5) is 0 Å². The minimum Gasteiger partial charge on any atom is -0.299 e. The highest BCUT2D eigenvalue weighted by molar-refractivity contribution is 6.30. The van der Waals surface area contributed by atoms with Crippen molar-refractivity contribution in [3.05, 3.63) is 82.6 Å². The largest absolute Gasteiger partial charge is 0.299 e. The maximum atomic E-state index is 6.03. The molecule has 160 valence electrons. The number of hydrogen-bond acceptors (Lipinski definition) is 4. The summed E-state index contributed by atoms with van der Waals surface area (Å²) in [7, 11) is 0. The van der Waals surface area contributed by atoms with Crippen molar-refractivity contribution >= 4 is 11.6 Å². The molecule has 0 atom stereocenters. The Bertz CT molecular complexity index is 998. The van der Waals surface area contributed by atoms with Crippen LogP contribution in [-0.4, -0.2) is 45.9 Å². The first-order valence-electron chi connectivity index (χ1n) is 11.3. The Morgan fingerprint density at radius 1 is 0.903 bits per heavy atom. The zero-order valence-electron chi connectivity index (χ0n) is 17.9. The Labute approximate surface area is 189 Å². The molecule has 5 rings (SSSR count). The molecule has 2 aromatic carbocycles. The predicted octanol–water partition coefficient (Wildman–Crippen LogP) is 5.07. The van der Waals surface area contributed by atoms with Crippen LogP contribution in [0.1, 0.15) is 29.7 Å². The molecule has 0 unspecified atom stereocenters. The van der Waals surface area contributed by atoms with Gasteiger partial charge in [0.05, 0.1) is 5.69 Å². The summed E-state index contributed by atoms with van der Waals surface area (Å²) in [5, 5.41) is 0.739. The van der Waals surface area contributed by atoms with Gasteiger partial charge in [-0.1, -0.05) is 41.9 Å². The summed E-state index contributed by atoms with van der Waals surface area (Å²) in [6.07, 6.45) is 5.64. The van der Waals surface area contributed by atoms with Gasteiger partial charge in [-0.2, -0.15) is 0 Å². The molecule has 1 fully saturated rings. The number of likely N-dealkylation sites (tertiary alicyclic amines) is 1. The molecule has 2 aliphatic rings. The summed E-state index contributed by atoms with van der Waals surface area (Å²) in [6.45, 7) is 6.71. The molecule has 4 nitrogen and oxygen atoms in total. The van der Waals surface area contributed by atoms with E-state index in [-0.39, 0.29) is 0 Å². The number of piperidine rings is 1. The summed E-state index contributed by atoms with van der Waals surface area (Å²) in [5.74, 6) is 1.58. The zero-order valence-corrected chi connectivity index (χ0v) is 18.6. The summed E-state index contributed by atoms with van der Waals surface area (Å²) >= 11 is 6.03. The molecule has 2 aliphatic heterocycles. The standard InChI is InChI=1S/C26H29ClN4/c27-24-8-6-22(7-9-24)26-28-16-23-12-15-31(19-25(23)29-26)18-21-10-13-30(14-11-21)17-20-4-2-1-3-5-20/h1-9,16,21H,10-15,17-19H2. The topological polar surface area (TPSA) is 32.3 Å². The number of halogens is 1. The lowest BCUT2D eigenvalue weighted by atomic mass is 9.94. The van der Waals surface area contributed by atoms with Crippen LogP contribution < -0.4 is 0 Å². The molecule has 0 saturated carbocycles. The van der Waals surface area contributed by atoms with E-state index in [1.807, 2.05) is 30.5 Å². The van der Waals surface area contributed by atoms with Gasteiger partial charge in [0.15, 0.2) is 5.82 Å². The lowest BCUT2D eigenvalue weighted by Crippen LogP contribution is -2.40. The van der Waals surface area contributed by atoms with Crippen molar-refractivity contribution in [1.82, 2.24) is 19.8 Å². The van der Waals surface area contributed by atoms with Crippen molar-refractivity contribution in [2.75, 3.05) is 26.2 Å². The van der Waals surface area contributed by atoms with Crippen LogP contribution >= 0.6 is 11.6 Å². The van der Waals surface area contributed by atoms with E-state index in [9.17, 15) is 0 Å². The monoisotopic (exact) mass is 432 g/mol. The van der Waals surface area contributed by atoms with Gasteiger partial charge in [-0.3, -0.25) is 9.80 Å². The molecule has 3 aromatic rings. The lowest BCUT2D eigenvalue weighted by molar-refractivity contribution is 0.131. The first kappa shape index (κ1) is 20.6. The van der Waals surface area contributed by atoms with Gasteiger partial charge < -0.3 is 0 Å². The van der Waals surface area contributed by atoms with Crippen molar-refractivity contribution in [3.8, 4) is 11.4 Å². The Kier molecular flexibility index (Phi) is 6.30. The first-order chi connectivity index (χ1) is 15.2. The minimum absolute atomic E-state index is 0.739. The highest BCUT2D eigenvalue weighted by Crippen LogP contribution is 2.25. The summed E-state index contributed by atoms with van der Waals surface area (Å²) in [5.41, 5.74) is 4.93. The number of rotatable bonds is 5. The van der Waals surface area contributed by atoms with Crippen LogP contribution in [0.15, 0.2) is 60.8 Å². The molecule has 1 aromatic heterocycles. The van der Waals surface area contributed by atoms with E-state index in [1.54, 1.807) is 0 Å². The molecule has 5 heteroatoms. The molecule has 0 amide bonds. The quantitative estimate of drug-likeness (QED) is 0.563. The fourth-order valence-electron chi connectivity index (χ4n) is 4.79. The first-order valence-corrected chi connectivity index (χ1v) is 11.7. The molecule has 0 bridgehead atoms. The molecule has 0 radical (unpaired) electrons. The fourth-order valence-corrected chi connectivity index (χ4v) is 4.91. The van der Waals surface area contributed by atoms with Gasteiger partial charge in [-0.25, -0.2) is 9.97 Å². The van der Waals surface area contributed by atoms with Gasteiger partial charge in [0, 0.05) is 43.0 Å². The average Bonchev–Trinajstić information content (AvgIpc) is 2.81. The molecule has 0 spiro atoms. The Balaban J connectivity index is 1.17. The molecular formula is C26H29ClN4. The van der Waals surface area contributed by atoms with E-state index in [4.69, 9.17) is 16.6 Å². The van der Waals surface area contributed by atoms with Crippen molar-refractivity contribution in [3.63, 3.8) is 0 Å². The second-order valence-electron chi connectivity index (χ2n) is 8.86. The zero-order chi connectivity index (χ0) is 21.0. The predicted molar refractivity (Wildman–Crippen MR) is 126 cm³/mol. The second kappa shape index (κ2) is 9.47. The third-order valence-corrected chi connectivity index (χ3v) is 6.85. The van der Waals surface area contributed by atoms with Crippen LogP contribution in [0.3, 0.4) is 0 Å². The molecule has 0 aliphatic carbocycles. The minimum atomic E-state index is 0.739. The van der Waals surface area contributed by atoms with Gasteiger partial charge in [0.25, 0.3) is 0 Å². The van der Waals surface area contributed by atoms with E-state index in [0.717, 1.165) is 48.4 Å². The third kappa shape index (κ3) is 5.15. The number of nitrogens with zero attached hydrogens (tertiary/aromatic N) is 4. The van der Waals surface area contributed by atoms with E-state index in [0.29, 0.717) is 0 Å².